The molecule has 3 rings (SSSR count). The molecule has 3 nitrogen and oxygen atoms in total. The molecule has 136 valence electrons. The van der Waals surface area contributed by atoms with E-state index >= 15 is 0 Å². The van der Waals surface area contributed by atoms with Gasteiger partial charge in [-0.15, -0.1) is 11.3 Å². The Hall–Kier alpha value is -1.75. The van der Waals surface area contributed by atoms with Crippen LogP contribution in [0, 0.1) is 11.3 Å². The van der Waals surface area contributed by atoms with Gasteiger partial charge in [-0.3, -0.25) is 0 Å². The molecule has 0 saturated heterocycles. The zero-order valence-electron chi connectivity index (χ0n) is 13.6. The van der Waals surface area contributed by atoms with E-state index in [4.69, 9.17) is 23.2 Å². The van der Waals surface area contributed by atoms with Crippen LogP contribution in [0.3, 0.4) is 0 Å². The Bertz CT molecular complexity index is 1130. The Morgan fingerprint density at radius 3 is 2.19 bits per heavy atom. The average Bonchev–Trinajstić information content (AvgIpc) is 3.08. The summed E-state index contributed by atoms with van der Waals surface area (Å²) in [6.45, 7) is 0. The van der Waals surface area contributed by atoms with Crippen LogP contribution in [-0.2, 0) is 9.84 Å². The monoisotopic (exact) mass is 451 g/mol. The van der Waals surface area contributed by atoms with Gasteiger partial charge in [0, 0.05) is 20.5 Å². The fourth-order valence-electron chi connectivity index (χ4n) is 2.16. The van der Waals surface area contributed by atoms with Gasteiger partial charge in [0.1, 0.15) is 11.0 Å². The molecule has 27 heavy (non-hydrogen) atoms. The SMILES string of the molecule is N#CC(=Cc1ccsc1Sc1ccc(Cl)cc1)S(=O)(=O)c1ccc(Cl)cc1. The van der Waals surface area contributed by atoms with Crippen molar-refractivity contribution in [3.05, 3.63) is 80.5 Å². The Labute approximate surface area is 175 Å². The van der Waals surface area contributed by atoms with Crippen molar-refractivity contribution in [2.75, 3.05) is 0 Å². The van der Waals surface area contributed by atoms with Gasteiger partial charge in [-0.2, -0.15) is 5.26 Å². The van der Waals surface area contributed by atoms with Crippen molar-refractivity contribution in [3.63, 3.8) is 0 Å². The van der Waals surface area contributed by atoms with E-state index in [0.29, 0.717) is 15.6 Å². The van der Waals surface area contributed by atoms with E-state index in [1.54, 1.807) is 18.2 Å². The molecule has 1 aromatic heterocycles. The van der Waals surface area contributed by atoms with Gasteiger partial charge in [0.05, 0.1) is 9.10 Å². The van der Waals surface area contributed by atoms with Crippen molar-refractivity contribution in [1.82, 2.24) is 0 Å². The number of allylic oxidation sites excluding steroid dienone is 1. The molecule has 0 fully saturated rings. The summed E-state index contributed by atoms with van der Waals surface area (Å²) in [7, 11) is -3.92. The van der Waals surface area contributed by atoms with E-state index in [9.17, 15) is 13.7 Å². The van der Waals surface area contributed by atoms with Crippen LogP contribution < -0.4 is 0 Å². The van der Waals surface area contributed by atoms with Crippen LogP contribution >= 0.6 is 46.3 Å². The molecule has 0 atom stereocenters. The molecule has 1 heterocycles. The number of benzene rings is 2. The van der Waals surface area contributed by atoms with Crippen LogP contribution in [-0.4, -0.2) is 8.42 Å². The van der Waals surface area contributed by atoms with E-state index in [0.717, 1.165) is 9.10 Å². The van der Waals surface area contributed by atoms with E-state index in [2.05, 4.69) is 0 Å². The number of halogens is 2. The minimum atomic E-state index is -3.92. The summed E-state index contributed by atoms with van der Waals surface area (Å²) >= 11 is 14.7. The van der Waals surface area contributed by atoms with Crippen LogP contribution in [0.4, 0.5) is 0 Å². The molecule has 0 unspecified atom stereocenters. The lowest BCUT2D eigenvalue weighted by Crippen LogP contribution is -2.03. The molecule has 0 aliphatic rings. The topological polar surface area (TPSA) is 57.9 Å². The Kier molecular flexibility index (Phi) is 6.30. The second kappa shape index (κ2) is 8.51. The highest BCUT2D eigenvalue weighted by molar-refractivity contribution is 8.01. The molecule has 0 amide bonds. The molecule has 0 N–H and O–H groups in total. The maximum absolute atomic E-state index is 12.8. The highest BCUT2D eigenvalue weighted by Gasteiger charge is 2.21. The summed E-state index contributed by atoms with van der Waals surface area (Å²) in [6, 6.07) is 16.7. The summed E-state index contributed by atoms with van der Waals surface area (Å²) in [6.07, 6.45) is 1.40. The predicted octanol–water partition coefficient (Wildman–Crippen LogP) is 6.54. The first-order valence-corrected chi connectivity index (χ1v) is 11.5. The zero-order chi connectivity index (χ0) is 19.4. The van der Waals surface area contributed by atoms with Gasteiger partial charge in [-0.05, 0) is 66.1 Å². The largest absolute Gasteiger partial charge is 0.218 e. The van der Waals surface area contributed by atoms with Crippen molar-refractivity contribution < 1.29 is 8.42 Å². The van der Waals surface area contributed by atoms with Gasteiger partial charge in [0.25, 0.3) is 0 Å². The molecule has 0 aliphatic carbocycles. The smallest absolute Gasteiger partial charge is 0.216 e. The standard InChI is InChI=1S/C19H11Cl2NO2S3/c20-14-1-5-16(6-2-14)26-19-13(9-10-25-19)11-18(12-22)27(23,24)17-7-3-15(21)4-8-17/h1-11H. The van der Waals surface area contributed by atoms with Gasteiger partial charge in [-0.1, -0.05) is 35.0 Å². The maximum Gasteiger partial charge on any atom is 0.216 e. The summed E-state index contributed by atoms with van der Waals surface area (Å²) in [5, 5.41) is 12.4. The molecule has 8 heteroatoms. The Balaban J connectivity index is 1.95. The number of rotatable bonds is 5. The molecule has 0 spiro atoms. The van der Waals surface area contributed by atoms with Gasteiger partial charge < -0.3 is 0 Å². The van der Waals surface area contributed by atoms with Crippen LogP contribution in [0.25, 0.3) is 6.08 Å². The summed E-state index contributed by atoms with van der Waals surface area (Å²) < 4.78 is 26.4. The highest BCUT2D eigenvalue weighted by atomic mass is 35.5. The first-order valence-electron chi connectivity index (χ1n) is 7.53. The molecule has 3 aromatic rings. The zero-order valence-corrected chi connectivity index (χ0v) is 17.6. The van der Waals surface area contributed by atoms with Crippen LogP contribution in [0.5, 0.6) is 0 Å². The normalized spacial score (nSPS) is 12.0. The number of hydrogen-bond donors (Lipinski definition) is 0. The third-order valence-corrected chi connectivity index (χ3v) is 7.87. The molecule has 0 bridgehead atoms. The van der Waals surface area contributed by atoms with Crippen molar-refractivity contribution in [2.45, 2.75) is 14.0 Å². The Morgan fingerprint density at radius 1 is 1.00 bits per heavy atom. The third kappa shape index (κ3) is 4.75. The van der Waals surface area contributed by atoms with Gasteiger partial charge >= 0.3 is 0 Å². The van der Waals surface area contributed by atoms with Crippen LogP contribution in [0.15, 0.2) is 78.9 Å². The second-order valence-electron chi connectivity index (χ2n) is 5.30. The molecule has 0 aliphatic heterocycles. The van der Waals surface area contributed by atoms with Crippen molar-refractivity contribution in [2.24, 2.45) is 0 Å². The second-order valence-corrected chi connectivity index (χ2v) is 10.3. The van der Waals surface area contributed by atoms with E-state index < -0.39 is 9.84 Å². The quantitative estimate of drug-likeness (QED) is 0.412. The first-order chi connectivity index (χ1) is 12.9. The van der Waals surface area contributed by atoms with Crippen molar-refractivity contribution in [3.8, 4) is 6.07 Å². The average molecular weight is 452 g/mol. The number of nitrogens with zero attached hydrogens (tertiary/aromatic N) is 1. The van der Waals surface area contributed by atoms with Crippen molar-refractivity contribution >= 4 is 62.2 Å². The Morgan fingerprint density at radius 2 is 1.59 bits per heavy atom. The predicted molar refractivity (Wildman–Crippen MR) is 112 cm³/mol. The fraction of sp³-hybridized carbons (Fsp3) is 0. The summed E-state index contributed by atoms with van der Waals surface area (Å²) in [5.41, 5.74) is 0.675. The minimum absolute atomic E-state index is 0.0295. The van der Waals surface area contributed by atoms with Crippen LogP contribution in [0.2, 0.25) is 10.0 Å². The lowest BCUT2D eigenvalue weighted by atomic mass is 10.3. The van der Waals surface area contributed by atoms with Gasteiger partial charge in [-0.25, -0.2) is 8.42 Å². The fourth-order valence-corrected chi connectivity index (χ4v) is 5.54. The summed E-state index contributed by atoms with van der Waals surface area (Å²) in [5.74, 6) is 0. The first kappa shape index (κ1) is 20.0. The number of thiophene rings is 1. The van der Waals surface area contributed by atoms with Gasteiger partial charge in [0.15, 0.2) is 0 Å². The van der Waals surface area contributed by atoms with E-state index in [1.807, 2.05) is 23.6 Å². The number of sulfone groups is 1. The highest BCUT2D eigenvalue weighted by Crippen LogP contribution is 2.37. The lowest BCUT2D eigenvalue weighted by molar-refractivity contribution is 0.603. The molecular weight excluding hydrogens is 441 g/mol. The molecule has 2 aromatic carbocycles. The minimum Gasteiger partial charge on any atom is -0.218 e. The van der Waals surface area contributed by atoms with E-state index in [-0.39, 0.29) is 9.80 Å². The number of nitriles is 1. The van der Waals surface area contributed by atoms with Gasteiger partial charge in [0.2, 0.25) is 9.84 Å². The maximum atomic E-state index is 12.8. The molecule has 0 radical (unpaired) electrons. The molecular formula is C19H11Cl2NO2S3. The van der Waals surface area contributed by atoms with Crippen LogP contribution in [0.1, 0.15) is 5.56 Å². The third-order valence-electron chi connectivity index (χ3n) is 3.49. The lowest BCUT2D eigenvalue weighted by Gasteiger charge is -2.04. The van der Waals surface area contributed by atoms with Crippen molar-refractivity contribution in [1.29, 1.82) is 5.26 Å². The summed E-state index contributed by atoms with van der Waals surface area (Å²) in [4.78, 5) is 0.679. The van der Waals surface area contributed by atoms with E-state index in [1.165, 1.54) is 53.4 Å². The number of hydrogen-bond acceptors (Lipinski definition) is 5. The molecule has 0 saturated carbocycles.